The summed E-state index contributed by atoms with van der Waals surface area (Å²) >= 11 is 0. The van der Waals surface area contributed by atoms with Crippen LogP contribution < -0.4 is 9.47 Å². The molecule has 0 radical (unpaired) electrons. The summed E-state index contributed by atoms with van der Waals surface area (Å²) in [5.41, 5.74) is 1.65. The normalized spacial score (nSPS) is 18.5. The second-order valence-electron chi connectivity index (χ2n) is 5.22. The fraction of sp³-hybridized carbons (Fsp3) is 0.111. The van der Waals surface area contributed by atoms with Crippen molar-refractivity contribution in [3.8, 4) is 11.5 Å². The molecule has 0 aliphatic carbocycles. The van der Waals surface area contributed by atoms with E-state index in [9.17, 15) is 9.59 Å². The van der Waals surface area contributed by atoms with Crippen molar-refractivity contribution in [3.63, 3.8) is 0 Å². The molecule has 2 aromatic rings. The first-order chi connectivity index (χ1) is 10.7. The molecule has 0 saturated carbocycles. The van der Waals surface area contributed by atoms with Crippen LogP contribution in [0, 0.1) is 6.26 Å². The zero-order valence-corrected chi connectivity index (χ0v) is 11.5. The van der Waals surface area contributed by atoms with Crippen molar-refractivity contribution in [3.05, 3.63) is 71.5 Å². The molecule has 0 N–H and O–H groups in total. The minimum atomic E-state index is -0.489. The number of carbonyl (C=O) groups is 2. The molecule has 0 spiro atoms. The highest BCUT2D eigenvalue weighted by molar-refractivity contribution is 6.11. The van der Waals surface area contributed by atoms with Crippen LogP contribution in [0.4, 0.5) is 0 Å². The highest BCUT2D eigenvalue weighted by atomic mass is 16.5. The number of ether oxygens (including phenoxy) is 2. The summed E-state index contributed by atoms with van der Waals surface area (Å²) in [5, 5.41) is 0. The van der Waals surface area contributed by atoms with Gasteiger partial charge in [0.2, 0.25) is 11.8 Å². The van der Waals surface area contributed by atoms with Gasteiger partial charge in [0, 0.05) is 18.1 Å². The highest BCUT2D eigenvalue weighted by Crippen LogP contribution is 2.39. The molecule has 2 heterocycles. The monoisotopic (exact) mass is 291 g/mol. The zero-order valence-electron chi connectivity index (χ0n) is 11.5. The summed E-state index contributed by atoms with van der Waals surface area (Å²) < 4.78 is 10.6. The highest BCUT2D eigenvalue weighted by Gasteiger charge is 2.40. The quantitative estimate of drug-likeness (QED) is 0.485. The van der Waals surface area contributed by atoms with Crippen LogP contribution in [-0.2, 0) is 4.79 Å². The molecular formula is C18H11O4+. The first-order valence-corrected chi connectivity index (χ1v) is 6.97. The first-order valence-electron chi connectivity index (χ1n) is 6.97. The Morgan fingerprint density at radius 3 is 2.55 bits per heavy atom. The van der Waals surface area contributed by atoms with Crippen LogP contribution in [0.3, 0.4) is 0 Å². The molecular weight excluding hydrogens is 280 g/mol. The van der Waals surface area contributed by atoms with Crippen molar-refractivity contribution in [1.82, 2.24) is 0 Å². The summed E-state index contributed by atoms with van der Waals surface area (Å²) in [5.74, 6) is 0.0611. The molecule has 22 heavy (non-hydrogen) atoms. The van der Waals surface area contributed by atoms with E-state index in [1.165, 1.54) is 0 Å². The van der Waals surface area contributed by atoms with Crippen molar-refractivity contribution in [2.75, 3.05) is 0 Å². The Morgan fingerprint density at radius 2 is 1.68 bits per heavy atom. The van der Waals surface area contributed by atoms with Gasteiger partial charge in [0.1, 0.15) is 5.75 Å². The van der Waals surface area contributed by atoms with Crippen molar-refractivity contribution in [2.45, 2.75) is 12.3 Å². The minimum absolute atomic E-state index is 0.154. The lowest BCUT2D eigenvalue weighted by molar-refractivity contribution is -0.134. The molecule has 2 aliphatic rings. The first kappa shape index (κ1) is 12.7. The summed E-state index contributed by atoms with van der Waals surface area (Å²) in [4.78, 5) is 24.5. The van der Waals surface area contributed by atoms with Gasteiger partial charge in [-0.15, -0.1) is 0 Å². The lowest BCUT2D eigenvalue weighted by atomic mass is 9.89. The smallest absolute Gasteiger partial charge is 0.319 e. The molecule has 0 amide bonds. The summed E-state index contributed by atoms with van der Waals surface area (Å²) in [6.45, 7) is 0. The number of esters is 1. The molecule has 0 saturated heterocycles. The van der Waals surface area contributed by atoms with Gasteiger partial charge in [-0.05, 0) is 18.2 Å². The molecule has 0 bridgehead atoms. The second-order valence-corrected chi connectivity index (χ2v) is 5.22. The van der Waals surface area contributed by atoms with Gasteiger partial charge >= 0.3 is 11.8 Å². The van der Waals surface area contributed by atoms with E-state index >= 15 is 0 Å². The van der Waals surface area contributed by atoms with Gasteiger partial charge in [-0.2, -0.15) is 0 Å². The van der Waals surface area contributed by atoms with Gasteiger partial charge in [0.15, 0.2) is 5.56 Å². The van der Waals surface area contributed by atoms with Crippen LogP contribution in [0.25, 0.3) is 0 Å². The molecule has 0 fully saturated rings. The number of ketones is 1. The molecule has 1 atom stereocenters. The third-order valence-corrected chi connectivity index (χ3v) is 3.89. The Labute approximate surface area is 127 Å². The Bertz CT molecular complexity index is 819. The number of hydrogen-bond donors (Lipinski definition) is 0. The van der Waals surface area contributed by atoms with Crippen molar-refractivity contribution in [2.24, 2.45) is 0 Å². The fourth-order valence-corrected chi connectivity index (χ4v) is 2.77. The Kier molecular flexibility index (Phi) is 2.78. The van der Waals surface area contributed by atoms with Gasteiger partial charge in [0.25, 0.3) is 5.75 Å². The average Bonchev–Trinajstić information content (AvgIpc) is 2.86. The Balaban J connectivity index is 1.64. The van der Waals surface area contributed by atoms with E-state index in [0.29, 0.717) is 22.6 Å². The number of carbonyl (C=O) groups excluding carboxylic acids is 2. The van der Waals surface area contributed by atoms with Gasteiger partial charge in [0.05, 0.1) is 5.92 Å². The topological polar surface area (TPSA) is 52.6 Å². The Hall–Kier alpha value is -2.97. The number of Topliss-reactive ketones (excluding diaryl/α,β-unsaturated/α-hetero) is 1. The van der Waals surface area contributed by atoms with Gasteiger partial charge in [-0.3, -0.25) is 9.53 Å². The lowest BCUT2D eigenvalue weighted by Crippen LogP contribution is -2.18. The maximum Gasteiger partial charge on any atom is 0.319 e. The molecule has 4 nitrogen and oxygen atoms in total. The number of allylic oxidation sites excluding steroid dienone is 1. The van der Waals surface area contributed by atoms with Crippen molar-refractivity contribution >= 4 is 11.8 Å². The summed E-state index contributed by atoms with van der Waals surface area (Å²) in [6, 6.07) is 14.2. The van der Waals surface area contributed by atoms with Gasteiger partial charge in [-0.25, -0.2) is 4.79 Å². The molecule has 4 heteroatoms. The molecule has 2 aromatic carbocycles. The third-order valence-electron chi connectivity index (χ3n) is 3.89. The maximum absolute atomic E-state index is 12.5. The largest absolute Gasteiger partial charge is 0.426 e. The van der Waals surface area contributed by atoms with Crippen LogP contribution in [0.1, 0.15) is 28.3 Å². The van der Waals surface area contributed by atoms with E-state index in [1.807, 2.05) is 18.2 Å². The van der Waals surface area contributed by atoms with Crippen LogP contribution in [0.5, 0.6) is 11.5 Å². The lowest BCUT2D eigenvalue weighted by Gasteiger charge is -2.08. The van der Waals surface area contributed by atoms with Crippen LogP contribution in [-0.4, -0.2) is 11.8 Å². The van der Waals surface area contributed by atoms with E-state index in [2.05, 4.69) is 6.26 Å². The van der Waals surface area contributed by atoms with Crippen LogP contribution in [0.2, 0.25) is 0 Å². The minimum Gasteiger partial charge on any atom is -0.426 e. The number of rotatable bonds is 2. The van der Waals surface area contributed by atoms with E-state index in [4.69, 9.17) is 9.47 Å². The average molecular weight is 291 g/mol. The SMILES string of the molecule is O=C1C(C[C@H]2C(=O)Oc3ccccc32)=[C+]Oc2ccccc21. The zero-order chi connectivity index (χ0) is 15.1. The number of benzene rings is 2. The second kappa shape index (κ2) is 4.79. The third kappa shape index (κ3) is 1.90. The summed E-state index contributed by atoms with van der Waals surface area (Å²) in [6.07, 6.45) is 2.89. The van der Waals surface area contributed by atoms with E-state index in [1.54, 1.807) is 30.3 Å². The molecule has 4 rings (SSSR count). The van der Waals surface area contributed by atoms with E-state index in [-0.39, 0.29) is 18.2 Å². The summed E-state index contributed by atoms with van der Waals surface area (Å²) in [7, 11) is 0. The number of fused-ring (bicyclic) bond motifs is 2. The van der Waals surface area contributed by atoms with E-state index < -0.39 is 5.92 Å². The number of hydrogen-bond acceptors (Lipinski definition) is 4. The van der Waals surface area contributed by atoms with Gasteiger partial charge < -0.3 is 4.74 Å². The van der Waals surface area contributed by atoms with E-state index in [0.717, 1.165) is 5.56 Å². The van der Waals surface area contributed by atoms with Crippen LogP contribution in [0.15, 0.2) is 54.1 Å². The standard InChI is InChI=1S/C18H11O4/c19-17-11(10-21-15-7-3-2-6-13(15)17)9-14-12-5-1-4-8-16(12)22-18(14)20/h1-8,14H,9H2/q+1/t14-/m1/s1. The predicted octanol–water partition coefficient (Wildman–Crippen LogP) is 3.04. The number of para-hydroxylation sites is 2. The Morgan fingerprint density at radius 1 is 0.955 bits per heavy atom. The van der Waals surface area contributed by atoms with Crippen LogP contribution >= 0.6 is 0 Å². The molecule has 106 valence electrons. The molecule has 0 unspecified atom stereocenters. The molecule has 0 aromatic heterocycles. The maximum atomic E-state index is 12.5. The predicted molar refractivity (Wildman–Crippen MR) is 77.6 cm³/mol. The van der Waals surface area contributed by atoms with Crippen molar-refractivity contribution in [1.29, 1.82) is 0 Å². The fourth-order valence-electron chi connectivity index (χ4n) is 2.77. The molecule has 2 aliphatic heterocycles. The van der Waals surface area contributed by atoms with Crippen molar-refractivity contribution < 1.29 is 19.1 Å². The van der Waals surface area contributed by atoms with Gasteiger partial charge in [-0.1, -0.05) is 24.3 Å².